The van der Waals surface area contributed by atoms with Crippen LogP contribution >= 0.6 is 0 Å². The predicted octanol–water partition coefficient (Wildman–Crippen LogP) is 3.74. The number of hydrogen-bond donors (Lipinski definition) is 1. The van der Waals surface area contributed by atoms with Crippen LogP contribution in [0.3, 0.4) is 0 Å². The van der Waals surface area contributed by atoms with Crippen molar-refractivity contribution in [1.82, 2.24) is 4.90 Å². The maximum Gasteiger partial charge on any atom is 0.0471 e. The Balaban J connectivity index is 2.17. The summed E-state index contributed by atoms with van der Waals surface area (Å²) in [6, 6.07) is 15.7. The fraction of sp³-hybridized carbons (Fsp3) is 0.368. The number of aryl methyl sites for hydroxylation is 3. The molecule has 2 heteroatoms. The molecule has 2 N–H and O–H groups in total. The van der Waals surface area contributed by atoms with Crippen molar-refractivity contribution in [3.63, 3.8) is 0 Å². The molecular formula is C19H26N2. The van der Waals surface area contributed by atoms with Gasteiger partial charge >= 0.3 is 0 Å². The van der Waals surface area contributed by atoms with E-state index in [0.717, 1.165) is 6.54 Å². The Kier molecular flexibility index (Phi) is 5.16. The molecule has 0 amide bonds. The minimum atomic E-state index is 0.255. The molecule has 0 saturated carbocycles. The predicted molar refractivity (Wildman–Crippen MR) is 90.4 cm³/mol. The summed E-state index contributed by atoms with van der Waals surface area (Å²) in [5.74, 6) is 0. The molecule has 2 rings (SSSR count). The topological polar surface area (TPSA) is 29.3 Å². The normalized spacial score (nSPS) is 12.7. The first kappa shape index (κ1) is 15.7. The maximum absolute atomic E-state index is 6.04. The van der Waals surface area contributed by atoms with Crippen LogP contribution in [-0.4, -0.2) is 18.5 Å². The van der Waals surface area contributed by atoms with Crippen LogP contribution in [-0.2, 0) is 6.54 Å². The molecule has 0 aliphatic heterocycles. The maximum atomic E-state index is 6.04. The molecule has 112 valence electrons. The lowest BCUT2D eigenvalue weighted by atomic mass is 10.00. The van der Waals surface area contributed by atoms with Crippen LogP contribution in [0.2, 0.25) is 0 Å². The molecule has 0 radical (unpaired) electrons. The smallest absolute Gasteiger partial charge is 0.0471 e. The first-order valence-electron chi connectivity index (χ1n) is 7.53. The molecule has 0 fully saturated rings. The molecule has 0 aromatic heterocycles. The Labute approximate surface area is 128 Å². The Bertz CT molecular complexity index is 567. The van der Waals surface area contributed by atoms with Gasteiger partial charge in [0.15, 0.2) is 0 Å². The van der Waals surface area contributed by atoms with Crippen LogP contribution in [0.25, 0.3) is 0 Å². The van der Waals surface area contributed by atoms with E-state index in [4.69, 9.17) is 5.73 Å². The number of likely N-dealkylation sites (N-methyl/N-ethyl adjacent to an activating group) is 1. The Morgan fingerprint density at radius 1 is 0.905 bits per heavy atom. The van der Waals surface area contributed by atoms with Crippen molar-refractivity contribution in [2.24, 2.45) is 5.73 Å². The van der Waals surface area contributed by atoms with Crippen LogP contribution in [0.1, 0.15) is 33.9 Å². The molecule has 0 saturated heterocycles. The largest absolute Gasteiger partial charge is 0.329 e. The zero-order valence-corrected chi connectivity index (χ0v) is 13.6. The molecule has 2 aromatic rings. The van der Waals surface area contributed by atoms with Gasteiger partial charge in [0.25, 0.3) is 0 Å². The van der Waals surface area contributed by atoms with Crippen molar-refractivity contribution < 1.29 is 0 Å². The van der Waals surface area contributed by atoms with E-state index in [2.05, 4.69) is 75.2 Å². The van der Waals surface area contributed by atoms with Gasteiger partial charge in [0.1, 0.15) is 0 Å². The van der Waals surface area contributed by atoms with E-state index in [-0.39, 0.29) is 6.04 Å². The molecule has 0 heterocycles. The standard InChI is InChI=1S/C19H26N2/c1-14-5-7-17(8-6-14)13-21(4)19(12-20)18-10-15(2)9-16(3)11-18/h5-11,19H,12-13,20H2,1-4H3. The SMILES string of the molecule is Cc1ccc(CN(C)C(CN)c2cc(C)cc(C)c2)cc1. The third-order valence-electron chi connectivity index (χ3n) is 3.94. The number of benzene rings is 2. The van der Waals surface area contributed by atoms with Crippen molar-refractivity contribution in [1.29, 1.82) is 0 Å². The molecule has 0 spiro atoms. The second-order valence-corrected chi connectivity index (χ2v) is 6.07. The summed E-state index contributed by atoms with van der Waals surface area (Å²) < 4.78 is 0. The zero-order chi connectivity index (χ0) is 15.4. The summed E-state index contributed by atoms with van der Waals surface area (Å²) in [5, 5.41) is 0. The van der Waals surface area contributed by atoms with Gasteiger partial charge in [0.05, 0.1) is 0 Å². The fourth-order valence-electron chi connectivity index (χ4n) is 2.86. The van der Waals surface area contributed by atoms with Crippen molar-refractivity contribution in [3.05, 3.63) is 70.3 Å². The van der Waals surface area contributed by atoms with Gasteiger partial charge in [0, 0.05) is 19.1 Å². The minimum absolute atomic E-state index is 0.255. The van der Waals surface area contributed by atoms with E-state index in [1.54, 1.807) is 0 Å². The average molecular weight is 282 g/mol. The molecule has 1 unspecified atom stereocenters. The minimum Gasteiger partial charge on any atom is -0.329 e. The van der Waals surface area contributed by atoms with Crippen molar-refractivity contribution in [2.75, 3.05) is 13.6 Å². The van der Waals surface area contributed by atoms with Crippen molar-refractivity contribution >= 4 is 0 Å². The second-order valence-electron chi connectivity index (χ2n) is 6.07. The molecular weight excluding hydrogens is 256 g/mol. The van der Waals surface area contributed by atoms with Gasteiger partial charge < -0.3 is 5.73 Å². The monoisotopic (exact) mass is 282 g/mol. The third-order valence-corrected chi connectivity index (χ3v) is 3.94. The molecule has 2 nitrogen and oxygen atoms in total. The molecule has 21 heavy (non-hydrogen) atoms. The molecule has 0 bridgehead atoms. The van der Waals surface area contributed by atoms with Gasteiger partial charge in [-0.2, -0.15) is 0 Å². The van der Waals surface area contributed by atoms with Gasteiger partial charge in [-0.25, -0.2) is 0 Å². The lowest BCUT2D eigenvalue weighted by molar-refractivity contribution is 0.241. The van der Waals surface area contributed by atoms with Crippen LogP contribution in [0.4, 0.5) is 0 Å². The first-order valence-corrected chi connectivity index (χ1v) is 7.53. The molecule has 0 aliphatic rings. The summed E-state index contributed by atoms with van der Waals surface area (Å²) in [5.41, 5.74) is 12.6. The van der Waals surface area contributed by atoms with Gasteiger partial charge in [-0.15, -0.1) is 0 Å². The second kappa shape index (κ2) is 6.88. The van der Waals surface area contributed by atoms with E-state index in [0.29, 0.717) is 6.54 Å². The summed E-state index contributed by atoms with van der Waals surface area (Å²) in [6.07, 6.45) is 0. The molecule has 1 atom stereocenters. The highest BCUT2D eigenvalue weighted by atomic mass is 15.1. The van der Waals surface area contributed by atoms with E-state index in [1.807, 2.05) is 0 Å². The first-order chi connectivity index (χ1) is 9.99. The van der Waals surface area contributed by atoms with Gasteiger partial charge in [-0.1, -0.05) is 59.2 Å². The van der Waals surface area contributed by atoms with Gasteiger partial charge in [0.2, 0.25) is 0 Å². The van der Waals surface area contributed by atoms with Crippen LogP contribution in [0, 0.1) is 20.8 Å². The van der Waals surface area contributed by atoms with Crippen LogP contribution < -0.4 is 5.73 Å². The number of nitrogens with zero attached hydrogens (tertiary/aromatic N) is 1. The quantitative estimate of drug-likeness (QED) is 0.905. The van der Waals surface area contributed by atoms with Crippen LogP contribution in [0.15, 0.2) is 42.5 Å². The summed E-state index contributed by atoms with van der Waals surface area (Å²) in [6.45, 7) is 7.94. The zero-order valence-electron chi connectivity index (χ0n) is 13.6. The van der Waals surface area contributed by atoms with Gasteiger partial charge in [-0.3, -0.25) is 4.90 Å². The Morgan fingerprint density at radius 2 is 1.48 bits per heavy atom. The van der Waals surface area contributed by atoms with Gasteiger partial charge in [-0.05, 0) is 38.9 Å². The summed E-state index contributed by atoms with van der Waals surface area (Å²) >= 11 is 0. The highest BCUT2D eigenvalue weighted by Crippen LogP contribution is 2.22. The number of rotatable bonds is 5. The molecule has 0 aliphatic carbocycles. The van der Waals surface area contributed by atoms with E-state index >= 15 is 0 Å². The van der Waals surface area contributed by atoms with E-state index < -0.39 is 0 Å². The summed E-state index contributed by atoms with van der Waals surface area (Å²) in [7, 11) is 2.15. The highest BCUT2D eigenvalue weighted by molar-refractivity contribution is 5.31. The average Bonchev–Trinajstić information content (AvgIpc) is 2.41. The fourth-order valence-corrected chi connectivity index (χ4v) is 2.86. The highest BCUT2D eigenvalue weighted by Gasteiger charge is 2.16. The van der Waals surface area contributed by atoms with Crippen LogP contribution in [0.5, 0.6) is 0 Å². The third kappa shape index (κ3) is 4.16. The van der Waals surface area contributed by atoms with Crippen molar-refractivity contribution in [3.8, 4) is 0 Å². The van der Waals surface area contributed by atoms with E-state index in [1.165, 1.54) is 27.8 Å². The Morgan fingerprint density at radius 3 is 2.00 bits per heavy atom. The molecule has 2 aromatic carbocycles. The van der Waals surface area contributed by atoms with E-state index in [9.17, 15) is 0 Å². The lowest BCUT2D eigenvalue weighted by Crippen LogP contribution is -2.30. The number of hydrogen-bond acceptors (Lipinski definition) is 2. The Hall–Kier alpha value is -1.64. The number of nitrogens with two attached hydrogens (primary N) is 1. The lowest BCUT2D eigenvalue weighted by Gasteiger charge is -2.28. The summed E-state index contributed by atoms with van der Waals surface area (Å²) in [4.78, 5) is 2.33. The van der Waals surface area contributed by atoms with Crippen molar-refractivity contribution in [2.45, 2.75) is 33.4 Å².